The van der Waals surface area contributed by atoms with E-state index in [2.05, 4.69) is 20.8 Å². The molecule has 29 heavy (non-hydrogen) atoms. The van der Waals surface area contributed by atoms with Crippen LogP contribution in [0.25, 0.3) is 0 Å². The highest BCUT2D eigenvalue weighted by Crippen LogP contribution is 2.52. The van der Waals surface area contributed by atoms with Crippen molar-refractivity contribution in [3.8, 4) is 5.75 Å². The van der Waals surface area contributed by atoms with Crippen LogP contribution in [0.3, 0.4) is 0 Å². The van der Waals surface area contributed by atoms with Crippen LogP contribution in [0.5, 0.6) is 5.75 Å². The number of hydrogen-bond acceptors (Lipinski definition) is 1. The zero-order valence-corrected chi connectivity index (χ0v) is 19.4. The lowest BCUT2D eigenvalue weighted by Crippen LogP contribution is -2.27. The van der Waals surface area contributed by atoms with Gasteiger partial charge in [0.2, 0.25) is 0 Å². The average Bonchev–Trinajstić information content (AvgIpc) is 2.61. The highest BCUT2D eigenvalue weighted by Gasteiger charge is 2.39. The summed E-state index contributed by atoms with van der Waals surface area (Å²) < 4.78 is 41.2. The molecule has 0 spiro atoms. The number of rotatable bonds is 5. The Balaban J connectivity index is 2.75. The zero-order valence-electron chi connectivity index (χ0n) is 18.4. The van der Waals surface area contributed by atoms with Crippen LogP contribution in [-0.2, 0) is 16.7 Å². The van der Waals surface area contributed by atoms with E-state index in [-0.39, 0.29) is 19.7 Å². The molecule has 2 aromatic carbocycles. The lowest BCUT2D eigenvalue weighted by atomic mass is 9.81. The van der Waals surface area contributed by atoms with Crippen molar-refractivity contribution in [2.45, 2.75) is 78.1 Å². The van der Waals surface area contributed by atoms with E-state index in [1.807, 2.05) is 32.9 Å². The first kappa shape index (κ1) is 23.7. The van der Waals surface area contributed by atoms with Crippen LogP contribution < -0.4 is 5.30 Å². The number of phenolic OH excluding ortho intramolecular Hbond substituents is 1. The molecule has 0 aliphatic rings. The maximum absolute atomic E-state index is 13.7. The Labute approximate surface area is 174 Å². The minimum absolute atomic E-state index is 0.0929. The van der Waals surface area contributed by atoms with E-state index in [9.17, 15) is 18.3 Å². The minimum Gasteiger partial charge on any atom is -0.507 e. The number of hydrogen-bond donors (Lipinski definition) is 1. The van der Waals surface area contributed by atoms with Crippen LogP contribution in [0.1, 0.15) is 75.3 Å². The largest absolute Gasteiger partial charge is 0.507 e. The first-order valence-electron chi connectivity index (χ1n) is 10.1. The molecule has 0 aromatic heterocycles. The van der Waals surface area contributed by atoms with Gasteiger partial charge in [-0.25, -0.2) is 0 Å². The first-order valence-corrected chi connectivity index (χ1v) is 11.1. The third-order valence-electron chi connectivity index (χ3n) is 5.83. The molecule has 0 saturated carbocycles. The summed E-state index contributed by atoms with van der Waals surface area (Å²) in [4.78, 5) is 0. The van der Waals surface area contributed by atoms with E-state index in [1.54, 1.807) is 13.0 Å². The predicted octanol–water partition coefficient (Wildman–Crippen LogP) is 7.34. The van der Waals surface area contributed by atoms with Crippen molar-refractivity contribution in [1.29, 1.82) is 0 Å². The van der Waals surface area contributed by atoms with Gasteiger partial charge in [0.1, 0.15) is 5.75 Å². The van der Waals surface area contributed by atoms with Gasteiger partial charge < -0.3 is 5.11 Å². The topological polar surface area (TPSA) is 20.2 Å². The van der Waals surface area contributed by atoms with Gasteiger partial charge in [0.25, 0.3) is 0 Å². The maximum atomic E-state index is 13.7. The Morgan fingerprint density at radius 3 is 1.97 bits per heavy atom. The molecule has 0 aliphatic heterocycles. The van der Waals surface area contributed by atoms with Crippen LogP contribution in [0.2, 0.25) is 0 Å². The second kappa shape index (κ2) is 8.30. The van der Waals surface area contributed by atoms with E-state index in [0.29, 0.717) is 23.7 Å². The monoisotopic (exact) mass is 424 g/mol. The van der Waals surface area contributed by atoms with Gasteiger partial charge in [0, 0.05) is 10.7 Å². The van der Waals surface area contributed by atoms with Crippen molar-refractivity contribution in [2.75, 3.05) is 0 Å². The van der Waals surface area contributed by atoms with Crippen LogP contribution in [-0.4, -0.2) is 5.11 Å². The summed E-state index contributed by atoms with van der Waals surface area (Å²) in [6.45, 7) is 13.9. The van der Waals surface area contributed by atoms with Gasteiger partial charge in [-0.3, -0.25) is 0 Å². The van der Waals surface area contributed by atoms with Gasteiger partial charge in [0.05, 0.1) is 5.56 Å². The van der Waals surface area contributed by atoms with E-state index in [1.165, 1.54) is 12.1 Å². The third-order valence-corrected chi connectivity index (χ3v) is 8.20. The molecule has 2 aromatic rings. The predicted molar refractivity (Wildman–Crippen MR) is 118 cm³/mol. The Kier molecular flexibility index (Phi) is 6.79. The summed E-state index contributed by atoms with van der Waals surface area (Å²) in [6, 6.07) is 8.36. The highest BCUT2D eigenvalue weighted by atomic mass is 31.1. The van der Waals surface area contributed by atoms with Gasteiger partial charge in [-0.05, 0) is 60.2 Å². The molecule has 1 atom stereocenters. The normalized spacial score (nSPS) is 13.4. The molecule has 1 unspecified atom stereocenters. The maximum Gasteiger partial charge on any atom is 0.417 e. The molecular formula is C24H32F3OP. The van der Waals surface area contributed by atoms with Crippen molar-refractivity contribution in [2.24, 2.45) is 0 Å². The number of benzene rings is 2. The Bertz CT molecular complexity index is 875. The molecule has 0 radical (unpaired) electrons. The summed E-state index contributed by atoms with van der Waals surface area (Å²) >= 11 is 0. The fraction of sp³-hybridized carbons (Fsp3) is 0.500. The molecule has 1 N–H and O–H groups in total. The first-order chi connectivity index (χ1) is 13.3. The van der Waals surface area contributed by atoms with E-state index >= 15 is 0 Å². The minimum atomic E-state index is -4.40. The second-order valence-electron chi connectivity index (χ2n) is 8.85. The Hall–Kier alpha value is -1.54. The standard InChI is InChI=1S/C24H32F3OP/c1-8-23(9-2,19-14-17(22(5,6)7)13-16(4)20(19)28)29-21-15(3)11-10-12-18(21)24(25,26)27/h10-14,28-29H,8-9H2,1-7H3. The van der Waals surface area contributed by atoms with Crippen molar-refractivity contribution >= 4 is 13.9 Å². The number of halogens is 3. The molecular weight excluding hydrogens is 392 g/mol. The lowest BCUT2D eigenvalue weighted by Gasteiger charge is -2.36. The molecule has 0 heterocycles. The molecule has 0 bridgehead atoms. The quantitative estimate of drug-likeness (QED) is 0.498. The Morgan fingerprint density at radius 1 is 0.897 bits per heavy atom. The van der Waals surface area contributed by atoms with Crippen molar-refractivity contribution < 1.29 is 18.3 Å². The van der Waals surface area contributed by atoms with E-state index in [4.69, 9.17) is 0 Å². The number of aromatic hydroxyl groups is 1. The number of alkyl halides is 3. The number of aryl methyl sites for hydroxylation is 2. The van der Waals surface area contributed by atoms with Gasteiger partial charge in [-0.1, -0.05) is 67.5 Å². The summed E-state index contributed by atoms with van der Waals surface area (Å²) in [5.41, 5.74) is 2.58. The van der Waals surface area contributed by atoms with Crippen LogP contribution in [0, 0.1) is 13.8 Å². The van der Waals surface area contributed by atoms with Crippen LogP contribution in [0.15, 0.2) is 30.3 Å². The lowest BCUT2D eigenvalue weighted by molar-refractivity contribution is -0.136. The van der Waals surface area contributed by atoms with Gasteiger partial charge in [-0.15, -0.1) is 0 Å². The van der Waals surface area contributed by atoms with Gasteiger partial charge in [0.15, 0.2) is 0 Å². The summed E-state index contributed by atoms with van der Waals surface area (Å²) in [7, 11) is -0.0929. The molecule has 1 nitrogen and oxygen atoms in total. The molecule has 0 aliphatic carbocycles. The molecule has 2 rings (SSSR count). The van der Waals surface area contributed by atoms with Crippen molar-refractivity contribution in [3.63, 3.8) is 0 Å². The summed E-state index contributed by atoms with van der Waals surface area (Å²) in [6.07, 6.45) is -3.10. The molecule has 5 heteroatoms. The zero-order chi connectivity index (χ0) is 22.2. The molecule has 0 fully saturated rings. The molecule has 160 valence electrons. The Morgan fingerprint density at radius 2 is 1.48 bits per heavy atom. The molecule has 0 saturated heterocycles. The van der Waals surface area contributed by atoms with E-state index in [0.717, 1.165) is 16.7 Å². The number of phenols is 1. The van der Waals surface area contributed by atoms with Crippen LogP contribution in [0.4, 0.5) is 13.2 Å². The fourth-order valence-corrected chi connectivity index (χ4v) is 5.56. The highest BCUT2D eigenvalue weighted by molar-refractivity contribution is 7.48. The smallest absolute Gasteiger partial charge is 0.417 e. The summed E-state index contributed by atoms with van der Waals surface area (Å²) in [5.74, 6) is 0.205. The van der Waals surface area contributed by atoms with Gasteiger partial charge >= 0.3 is 6.18 Å². The van der Waals surface area contributed by atoms with E-state index < -0.39 is 16.9 Å². The van der Waals surface area contributed by atoms with Gasteiger partial charge in [-0.2, -0.15) is 13.2 Å². The van der Waals surface area contributed by atoms with Crippen LogP contribution >= 0.6 is 8.58 Å². The summed E-state index contributed by atoms with van der Waals surface area (Å²) in [5, 5.41) is 10.7. The van der Waals surface area contributed by atoms with Crippen molar-refractivity contribution in [1.82, 2.24) is 0 Å². The van der Waals surface area contributed by atoms with Crippen molar-refractivity contribution in [3.05, 3.63) is 58.1 Å². The molecule has 0 amide bonds. The third kappa shape index (κ3) is 4.79. The average molecular weight is 424 g/mol. The fourth-order valence-electron chi connectivity index (χ4n) is 3.76. The second-order valence-corrected chi connectivity index (χ2v) is 10.6. The SMILES string of the molecule is CCC(CC)(Pc1c(C)cccc1C(F)(F)F)c1cc(C(C)(C)C)cc(C)c1O.